The molecule has 4 aromatic carbocycles. The Kier molecular flexibility index (Phi) is 5.11. The molecular weight excluding hydrogens is 428 g/mol. The van der Waals surface area contributed by atoms with E-state index in [1.54, 1.807) is 0 Å². The van der Waals surface area contributed by atoms with Gasteiger partial charge in [0.15, 0.2) is 0 Å². The zero-order valence-electron chi connectivity index (χ0n) is 19.8. The molecule has 5 aromatic rings. The average molecular weight is 455 g/mol. The summed E-state index contributed by atoms with van der Waals surface area (Å²) < 4.78 is 6.33. The van der Waals surface area contributed by atoms with Gasteiger partial charge in [0.25, 0.3) is 0 Å². The van der Waals surface area contributed by atoms with Crippen molar-refractivity contribution >= 4 is 17.1 Å². The summed E-state index contributed by atoms with van der Waals surface area (Å²) in [6.07, 6.45) is 1.81. The van der Waals surface area contributed by atoms with Crippen LogP contribution in [0.15, 0.2) is 121 Å². The molecule has 1 aromatic heterocycles. The van der Waals surface area contributed by atoms with Gasteiger partial charge in [0, 0.05) is 28.9 Å². The van der Waals surface area contributed by atoms with Gasteiger partial charge in [-0.05, 0) is 59.7 Å². The second-order valence-corrected chi connectivity index (χ2v) is 9.34. The number of aromatic nitrogens is 1. The number of para-hydroxylation sites is 2. The van der Waals surface area contributed by atoms with Gasteiger partial charge in [-0.2, -0.15) is 0 Å². The largest absolute Gasteiger partial charge is 0.457 e. The fourth-order valence-electron chi connectivity index (χ4n) is 5.02. The zero-order chi connectivity index (χ0) is 23.8. The zero-order valence-corrected chi connectivity index (χ0v) is 19.8. The molecule has 0 unspecified atom stereocenters. The summed E-state index contributed by atoms with van der Waals surface area (Å²) in [4.78, 5) is 6.80. The van der Waals surface area contributed by atoms with Crippen LogP contribution in [0.5, 0.6) is 11.5 Å². The van der Waals surface area contributed by atoms with Crippen molar-refractivity contribution in [2.45, 2.75) is 19.3 Å². The van der Waals surface area contributed by atoms with Crippen molar-refractivity contribution in [3.63, 3.8) is 0 Å². The van der Waals surface area contributed by atoms with E-state index in [2.05, 4.69) is 96.5 Å². The molecule has 35 heavy (non-hydrogen) atoms. The maximum absolute atomic E-state index is 6.33. The Morgan fingerprint density at radius 2 is 1.26 bits per heavy atom. The number of nitrogens with zero attached hydrogens (tertiary/aromatic N) is 2. The van der Waals surface area contributed by atoms with Gasteiger partial charge in [-0.1, -0.05) is 74.5 Å². The lowest BCUT2D eigenvalue weighted by Gasteiger charge is -2.42. The predicted molar refractivity (Wildman–Crippen MR) is 143 cm³/mol. The summed E-state index contributed by atoms with van der Waals surface area (Å²) in [5.74, 6) is 1.58. The maximum atomic E-state index is 6.33. The Hall–Kier alpha value is -4.37. The molecule has 0 saturated heterocycles. The number of fused-ring (bicyclic) bond motifs is 2. The highest BCUT2D eigenvalue weighted by Gasteiger charge is 2.36. The number of anilines is 3. The smallest absolute Gasteiger partial charge is 0.129 e. The summed E-state index contributed by atoms with van der Waals surface area (Å²) >= 11 is 0. The van der Waals surface area contributed by atoms with Gasteiger partial charge in [0.1, 0.15) is 11.5 Å². The SMILES string of the molecule is CC1(C)c2ccccc2N(c2cccc(Oc3cccc(-c4ccccn4)c3)c2)c2ccccc21. The first-order valence-electron chi connectivity index (χ1n) is 11.9. The van der Waals surface area contributed by atoms with E-state index in [1.807, 2.05) is 48.7 Å². The molecule has 0 atom stereocenters. The number of ether oxygens (including phenoxy) is 1. The Balaban J connectivity index is 1.39. The van der Waals surface area contributed by atoms with Crippen molar-refractivity contribution in [2.24, 2.45) is 0 Å². The first-order chi connectivity index (χ1) is 17.1. The fraction of sp³-hybridized carbons (Fsp3) is 0.0938. The van der Waals surface area contributed by atoms with Crippen LogP contribution >= 0.6 is 0 Å². The lowest BCUT2D eigenvalue weighted by atomic mass is 9.73. The summed E-state index contributed by atoms with van der Waals surface area (Å²) in [5.41, 5.74) is 7.97. The van der Waals surface area contributed by atoms with Crippen LogP contribution in [0, 0.1) is 0 Å². The number of benzene rings is 4. The number of rotatable bonds is 4. The molecule has 2 heterocycles. The molecule has 6 rings (SSSR count). The molecule has 170 valence electrons. The van der Waals surface area contributed by atoms with Crippen LogP contribution in [0.4, 0.5) is 17.1 Å². The third-order valence-corrected chi connectivity index (χ3v) is 6.74. The standard InChI is InChI=1S/C32H26N2O/c1-32(2)27-15-3-5-18-30(27)34(31-19-6-4-16-28(31)32)24-12-10-14-26(22-24)35-25-13-9-11-23(21-25)29-17-7-8-20-33-29/h3-22H,1-2H3. The average Bonchev–Trinajstić information content (AvgIpc) is 2.90. The Labute approximate surface area is 206 Å². The first kappa shape index (κ1) is 21.2. The van der Waals surface area contributed by atoms with Crippen molar-refractivity contribution < 1.29 is 4.74 Å². The lowest BCUT2D eigenvalue weighted by Crippen LogP contribution is -2.30. The van der Waals surface area contributed by atoms with Gasteiger partial charge in [-0.15, -0.1) is 0 Å². The molecule has 0 amide bonds. The molecule has 0 N–H and O–H groups in total. The van der Waals surface area contributed by atoms with Crippen LogP contribution in [0.1, 0.15) is 25.0 Å². The van der Waals surface area contributed by atoms with E-state index in [4.69, 9.17) is 4.74 Å². The highest BCUT2D eigenvalue weighted by atomic mass is 16.5. The fourth-order valence-corrected chi connectivity index (χ4v) is 5.02. The summed E-state index contributed by atoms with van der Waals surface area (Å²) in [5, 5.41) is 0. The number of hydrogen-bond acceptors (Lipinski definition) is 3. The minimum absolute atomic E-state index is 0.0797. The van der Waals surface area contributed by atoms with E-state index < -0.39 is 0 Å². The van der Waals surface area contributed by atoms with Crippen LogP contribution in [0.25, 0.3) is 11.3 Å². The predicted octanol–water partition coefficient (Wildman–Crippen LogP) is 8.65. The molecule has 0 radical (unpaired) electrons. The quantitative estimate of drug-likeness (QED) is 0.272. The molecule has 3 nitrogen and oxygen atoms in total. The van der Waals surface area contributed by atoms with E-state index in [1.165, 1.54) is 22.5 Å². The third kappa shape index (κ3) is 3.75. The second kappa shape index (κ2) is 8.44. The van der Waals surface area contributed by atoms with Gasteiger partial charge in [-0.3, -0.25) is 4.98 Å². The molecule has 1 aliphatic rings. The minimum atomic E-state index is -0.0797. The molecular formula is C32H26N2O. The molecule has 0 aliphatic carbocycles. The van der Waals surface area contributed by atoms with E-state index in [-0.39, 0.29) is 5.41 Å². The van der Waals surface area contributed by atoms with Crippen molar-refractivity contribution in [1.82, 2.24) is 4.98 Å². The highest BCUT2D eigenvalue weighted by molar-refractivity contribution is 5.86. The molecule has 3 heteroatoms. The Bertz CT molecular complexity index is 1460. The monoisotopic (exact) mass is 454 g/mol. The van der Waals surface area contributed by atoms with E-state index in [9.17, 15) is 0 Å². The third-order valence-electron chi connectivity index (χ3n) is 6.74. The van der Waals surface area contributed by atoms with Crippen LogP contribution < -0.4 is 9.64 Å². The maximum Gasteiger partial charge on any atom is 0.129 e. The van der Waals surface area contributed by atoms with Crippen molar-refractivity contribution in [2.75, 3.05) is 4.90 Å². The van der Waals surface area contributed by atoms with Crippen LogP contribution in [-0.2, 0) is 5.41 Å². The van der Waals surface area contributed by atoms with Gasteiger partial charge in [0.05, 0.1) is 17.1 Å². The molecule has 0 fully saturated rings. The molecule has 0 spiro atoms. The lowest BCUT2D eigenvalue weighted by molar-refractivity contribution is 0.483. The molecule has 0 saturated carbocycles. The van der Waals surface area contributed by atoms with Gasteiger partial charge in [-0.25, -0.2) is 0 Å². The van der Waals surface area contributed by atoms with Crippen molar-refractivity contribution in [1.29, 1.82) is 0 Å². The Morgan fingerprint density at radius 1 is 0.629 bits per heavy atom. The van der Waals surface area contributed by atoms with Crippen molar-refractivity contribution in [3.8, 4) is 22.8 Å². The van der Waals surface area contributed by atoms with Gasteiger partial charge < -0.3 is 9.64 Å². The van der Waals surface area contributed by atoms with Crippen LogP contribution in [0.3, 0.4) is 0 Å². The van der Waals surface area contributed by atoms with E-state index in [0.29, 0.717) is 0 Å². The number of hydrogen-bond donors (Lipinski definition) is 0. The van der Waals surface area contributed by atoms with Crippen LogP contribution in [0.2, 0.25) is 0 Å². The second-order valence-electron chi connectivity index (χ2n) is 9.34. The van der Waals surface area contributed by atoms with Gasteiger partial charge in [0.2, 0.25) is 0 Å². The molecule has 1 aliphatic heterocycles. The van der Waals surface area contributed by atoms with Crippen LogP contribution in [-0.4, -0.2) is 4.98 Å². The number of pyridine rings is 1. The first-order valence-corrected chi connectivity index (χ1v) is 11.9. The van der Waals surface area contributed by atoms with Gasteiger partial charge >= 0.3 is 0 Å². The van der Waals surface area contributed by atoms with E-state index in [0.717, 1.165) is 28.4 Å². The topological polar surface area (TPSA) is 25.4 Å². The van der Waals surface area contributed by atoms with E-state index >= 15 is 0 Å². The normalized spacial score (nSPS) is 13.6. The summed E-state index contributed by atoms with van der Waals surface area (Å²) in [6.45, 7) is 4.60. The van der Waals surface area contributed by atoms with Crippen molar-refractivity contribution in [3.05, 3.63) is 133 Å². The highest BCUT2D eigenvalue weighted by Crippen LogP contribution is 2.51. The minimum Gasteiger partial charge on any atom is -0.457 e. The summed E-state index contributed by atoms with van der Waals surface area (Å²) in [6, 6.07) is 39.7. The molecule has 0 bridgehead atoms. The summed E-state index contributed by atoms with van der Waals surface area (Å²) in [7, 11) is 0. The Morgan fingerprint density at radius 3 is 1.94 bits per heavy atom.